The van der Waals surface area contributed by atoms with Gasteiger partial charge in [-0.15, -0.1) is 0 Å². The Morgan fingerprint density at radius 3 is 2.50 bits per heavy atom. The van der Waals surface area contributed by atoms with Crippen LogP contribution < -0.4 is 15.7 Å². The van der Waals surface area contributed by atoms with Gasteiger partial charge >= 0.3 is 0 Å². The van der Waals surface area contributed by atoms with Gasteiger partial charge < -0.3 is 15.0 Å². The maximum Gasteiger partial charge on any atom is 0.221 e. The van der Waals surface area contributed by atoms with Gasteiger partial charge in [0.1, 0.15) is 5.82 Å². The van der Waals surface area contributed by atoms with Crippen molar-refractivity contribution in [2.75, 3.05) is 36.5 Å². The maximum atomic E-state index is 15.0. The SMILES string of the molecule is C=C(Nc1cc(-c2cc(N3CCOCC3)c(=N)n(C=N)c2)c(C)cc1F)c1cnn(C(C)(C)C)c1F. The molecule has 0 radical (unpaired) electrons. The smallest absolute Gasteiger partial charge is 0.221 e. The van der Waals surface area contributed by atoms with Crippen molar-refractivity contribution in [1.82, 2.24) is 14.3 Å². The van der Waals surface area contributed by atoms with Gasteiger partial charge in [0.05, 0.1) is 48.2 Å². The van der Waals surface area contributed by atoms with E-state index in [0.717, 1.165) is 6.34 Å². The molecule has 1 aliphatic heterocycles. The summed E-state index contributed by atoms with van der Waals surface area (Å²) in [6, 6.07) is 4.91. The summed E-state index contributed by atoms with van der Waals surface area (Å²) in [4.78, 5) is 2.05. The minimum absolute atomic E-state index is 0.132. The minimum Gasteiger partial charge on any atom is -0.378 e. The standard InChI is InChI=1S/C26H31F2N7O/c1-16-10-21(27)22(32-17(2)20-13-31-35(24(20)28)26(3,4)5)12-19(16)18-11-23(25(30)34(14-18)15-29)33-6-8-36-9-7-33/h10-15,29-30,32H,2,6-9H2,1,3-5H3. The van der Waals surface area contributed by atoms with Gasteiger partial charge in [-0.3, -0.25) is 15.4 Å². The molecule has 10 heteroatoms. The van der Waals surface area contributed by atoms with Gasteiger partial charge in [0.15, 0.2) is 5.49 Å². The molecule has 0 bridgehead atoms. The highest BCUT2D eigenvalue weighted by Gasteiger charge is 2.23. The Balaban J connectivity index is 1.73. The first-order chi connectivity index (χ1) is 17.0. The number of nitrogens with one attached hydrogen (secondary N) is 3. The van der Waals surface area contributed by atoms with Crippen LogP contribution in [-0.4, -0.2) is 47.0 Å². The average molecular weight is 496 g/mol. The molecule has 0 amide bonds. The number of hydrogen-bond donors (Lipinski definition) is 3. The van der Waals surface area contributed by atoms with Crippen LogP contribution in [0.15, 0.2) is 37.2 Å². The van der Waals surface area contributed by atoms with Crippen LogP contribution in [0, 0.1) is 29.5 Å². The second kappa shape index (κ2) is 9.69. The van der Waals surface area contributed by atoms with E-state index in [4.69, 9.17) is 15.6 Å². The van der Waals surface area contributed by atoms with Crippen molar-refractivity contribution in [2.24, 2.45) is 0 Å². The highest BCUT2D eigenvalue weighted by Crippen LogP contribution is 2.32. The molecule has 1 aliphatic rings. The summed E-state index contributed by atoms with van der Waals surface area (Å²) >= 11 is 0. The minimum atomic E-state index is -0.558. The number of benzene rings is 1. The van der Waals surface area contributed by atoms with E-state index >= 15 is 0 Å². The molecule has 4 rings (SSSR count). The molecule has 0 unspecified atom stereocenters. The van der Waals surface area contributed by atoms with Gasteiger partial charge in [-0.05, 0) is 57.0 Å². The third kappa shape index (κ3) is 4.81. The number of anilines is 2. The van der Waals surface area contributed by atoms with Crippen LogP contribution in [0.3, 0.4) is 0 Å². The van der Waals surface area contributed by atoms with Crippen LogP contribution in [0.1, 0.15) is 31.9 Å². The van der Waals surface area contributed by atoms with E-state index in [-0.39, 0.29) is 22.4 Å². The highest BCUT2D eigenvalue weighted by molar-refractivity contribution is 5.80. The van der Waals surface area contributed by atoms with Crippen molar-refractivity contribution < 1.29 is 13.5 Å². The molecule has 3 N–H and O–H groups in total. The molecule has 1 saturated heterocycles. The van der Waals surface area contributed by atoms with Crippen LogP contribution in [0.4, 0.5) is 20.2 Å². The maximum absolute atomic E-state index is 15.0. The highest BCUT2D eigenvalue weighted by atomic mass is 19.1. The first-order valence-corrected chi connectivity index (χ1v) is 11.7. The fourth-order valence-corrected chi connectivity index (χ4v) is 4.21. The third-order valence-corrected chi connectivity index (χ3v) is 6.14. The fourth-order valence-electron chi connectivity index (χ4n) is 4.21. The van der Waals surface area contributed by atoms with Crippen molar-refractivity contribution in [2.45, 2.75) is 33.2 Å². The topological polar surface area (TPSA) is 94.9 Å². The summed E-state index contributed by atoms with van der Waals surface area (Å²) in [5, 5.41) is 23.3. The Labute approximate surface area is 208 Å². The van der Waals surface area contributed by atoms with E-state index in [1.54, 1.807) is 19.2 Å². The Morgan fingerprint density at radius 2 is 1.89 bits per heavy atom. The summed E-state index contributed by atoms with van der Waals surface area (Å²) < 4.78 is 38.1. The first kappa shape index (κ1) is 25.3. The second-order valence-corrected chi connectivity index (χ2v) is 9.78. The molecule has 0 spiro atoms. The zero-order chi connectivity index (χ0) is 26.2. The third-order valence-electron chi connectivity index (χ3n) is 6.14. The molecule has 190 valence electrons. The fraction of sp³-hybridized carbons (Fsp3) is 0.346. The van der Waals surface area contributed by atoms with Crippen LogP contribution in [0.25, 0.3) is 16.8 Å². The predicted molar refractivity (Wildman–Crippen MR) is 137 cm³/mol. The van der Waals surface area contributed by atoms with E-state index < -0.39 is 17.3 Å². The molecule has 8 nitrogen and oxygen atoms in total. The molecule has 0 aliphatic carbocycles. The number of hydrogen-bond acceptors (Lipinski definition) is 6. The van der Waals surface area contributed by atoms with Crippen LogP contribution >= 0.6 is 0 Å². The normalized spacial score (nSPS) is 14.1. The van der Waals surface area contributed by atoms with E-state index in [1.165, 1.54) is 21.5 Å². The Bertz CT molecular complexity index is 1380. The van der Waals surface area contributed by atoms with Gasteiger partial charge in [-0.25, -0.2) is 9.07 Å². The Kier molecular flexibility index (Phi) is 6.81. The molecule has 3 aromatic rings. The molecule has 1 fully saturated rings. The van der Waals surface area contributed by atoms with Crippen molar-refractivity contribution in [3.63, 3.8) is 0 Å². The van der Waals surface area contributed by atoms with Crippen molar-refractivity contribution in [3.8, 4) is 11.1 Å². The lowest BCUT2D eigenvalue weighted by atomic mass is 10.00. The molecule has 0 atom stereocenters. The van der Waals surface area contributed by atoms with Crippen LogP contribution in [0.2, 0.25) is 0 Å². The largest absolute Gasteiger partial charge is 0.378 e. The Hall–Kier alpha value is -3.79. The van der Waals surface area contributed by atoms with E-state index in [1.807, 2.05) is 31.7 Å². The average Bonchev–Trinajstić information content (AvgIpc) is 3.23. The number of rotatable bonds is 6. The molecular formula is C26H31F2N7O. The number of pyridine rings is 1. The quantitative estimate of drug-likeness (QED) is 0.346. The summed E-state index contributed by atoms with van der Waals surface area (Å²) in [6.07, 6.45) is 4.12. The van der Waals surface area contributed by atoms with Crippen molar-refractivity contribution in [3.05, 3.63) is 65.6 Å². The second-order valence-electron chi connectivity index (χ2n) is 9.78. The molecular weight excluding hydrogens is 464 g/mol. The van der Waals surface area contributed by atoms with Gasteiger partial charge in [-0.2, -0.15) is 9.49 Å². The summed E-state index contributed by atoms with van der Waals surface area (Å²) in [5.74, 6) is -1.06. The Morgan fingerprint density at radius 1 is 1.19 bits per heavy atom. The van der Waals surface area contributed by atoms with Crippen molar-refractivity contribution >= 4 is 23.4 Å². The number of ether oxygens (including phenoxy) is 1. The zero-order valence-electron chi connectivity index (χ0n) is 21.0. The lowest BCUT2D eigenvalue weighted by Crippen LogP contribution is -2.40. The van der Waals surface area contributed by atoms with Crippen molar-refractivity contribution in [1.29, 1.82) is 10.8 Å². The first-order valence-electron chi connectivity index (χ1n) is 11.7. The monoisotopic (exact) mass is 495 g/mol. The molecule has 0 saturated carbocycles. The number of morpholine rings is 1. The van der Waals surface area contributed by atoms with E-state index in [0.29, 0.717) is 48.7 Å². The molecule has 36 heavy (non-hydrogen) atoms. The van der Waals surface area contributed by atoms with Gasteiger partial charge in [0, 0.05) is 30.5 Å². The number of halogens is 2. The number of aromatic nitrogens is 3. The summed E-state index contributed by atoms with van der Waals surface area (Å²) in [7, 11) is 0. The lowest BCUT2D eigenvalue weighted by Gasteiger charge is -2.29. The van der Waals surface area contributed by atoms with Crippen LogP contribution in [-0.2, 0) is 10.3 Å². The number of nitrogens with zero attached hydrogens (tertiary/aromatic N) is 4. The summed E-state index contributed by atoms with van der Waals surface area (Å²) in [5.41, 5.74) is 2.87. The van der Waals surface area contributed by atoms with Gasteiger partial charge in [0.2, 0.25) is 5.95 Å². The van der Waals surface area contributed by atoms with E-state index in [9.17, 15) is 8.78 Å². The summed E-state index contributed by atoms with van der Waals surface area (Å²) in [6.45, 7) is 13.6. The molecule has 3 heterocycles. The molecule has 1 aromatic carbocycles. The number of aryl methyl sites for hydroxylation is 1. The van der Waals surface area contributed by atoms with Gasteiger partial charge in [-0.1, -0.05) is 6.58 Å². The lowest BCUT2D eigenvalue weighted by molar-refractivity contribution is 0.122. The van der Waals surface area contributed by atoms with E-state index in [2.05, 4.69) is 17.0 Å². The predicted octanol–water partition coefficient (Wildman–Crippen LogP) is 4.55. The van der Waals surface area contributed by atoms with Gasteiger partial charge in [0.25, 0.3) is 0 Å². The van der Waals surface area contributed by atoms with Crippen LogP contribution in [0.5, 0.6) is 0 Å². The zero-order valence-corrected chi connectivity index (χ0v) is 21.0. The molecule has 2 aromatic heterocycles.